The zero-order valence-corrected chi connectivity index (χ0v) is 18.1. The van der Waals surface area contributed by atoms with Gasteiger partial charge in [-0.2, -0.15) is 13.9 Å². The van der Waals surface area contributed by atoms with Gasteiger partial charge in [-0.3, -0.25) is 5.01 Å². The van der Waals surface area contributed by atoms with Crippen LogP contribution in [0.1, 0.15) is 17.1 Å². The van der Waals surface area contributed by atoms with Gasteiger partial charge in [-0.05, 0) is 30.3 Å². The van der Waals surface area contributed by atoms with E-state index < -0.39 is 18.2 Å². The van der Waals surface area contributed by atoms with Crippen molar-refractivity contribution in [1.29, 1.82) is 0 Å². The summed E-state index contributed by atoms with van der Waals surface area (Å²) in [7, 11) is 1.35. The zero-order chi connectivity index (χ0) is 24.5. The molecule has 1 N–H and O–H groups in total. The maximum Gasteiger partial charge on any atom is 0.387 e. The molecule has 0 unspecified atom stereocenters. The number of rotatable bonds is 7. The van der Waals surface area contributed by atoms with E-state index in [4.69, 9.17) is 9.26 Å². The number of hydrazone groups is 1. The lowest BCUT2D eigenvalue weighted by Gasteiger charge is -2.19. The van der Waals surface area contributed by atoms with Crippen LogP contribution >= 0.6 is 0 Å². The minimum atomic E-state index is -2.97. The highest BCUT2D eigenvalue weighted by atomic mass is 19.3. The van der Waals surface area contributed by atoms with Crippen molar-refractivity contribution in [3.05, 3.63) is 71.2 Å². The van der Waals surface area contributed by atoms with Gasteiger partial charge >= 0.3 is 6.61 Å². The number of fused-ring (bicyclic) bond motifs is 1. The molecule has 0 spiro atoms. The quantitative estimate of drug-likeness (QED) is 0.371. The molecule has 4 aromatic rings. The molecule has 180 valence electrons. The number of aromatic nitrogens is 3. The normalized spacial score (nSPS) is 12.8. The Morgan fingerprint density at radius 3 is 2.80 bits per heavy atom. The predicted octanol–water partition coefficient (Wildman–Crippen LogP) is 4.97. The standard InChI is InChI=1S/C23H17F4N5O3/c1-33-20-7-12(5-6-19(20)34-23(26)27)16-8-13(35-31-16)10-32-11-18-17(9-28-32)29-22(30-18)14-3-2-4-15(24)21(14)25/h2-9,23H,10-11H2,1H3,(H,29,30). The summed E-state index contributed by atoms with van der Waals surface area (Å²) < 4.78 is 67.8. The molecule has 0 amide bonds. The Hall–Kier alpha value is -4.35. The van der Waals surface area contributed by atoms with Gasteiger partial charge < -0.3 is 19.0 Å². The Bertz CT molecular complexity index is 1400. The molecule has 1 aliphatic rings. The van der Waals surface area contributed by atoms with Crippen molar-refractivity contribution in [2.45, 2.75) is 19.7 Å². The minimum Gasteiger partial charge on any atom is -0.493 e. The monoisotopic (exact) mass is 487 g/mol. The smallest absolute Gasteiger partial charge is 0.387 e. The molecule has 12 heteroatoms. The molecule has 0 aliphatic carbocycles. The molecule has 2 aromatic carbocycles. The summed E-state index contributed by atoms with van der Waals surface area (Å²) in [5, 5.41) is 10.0. The molecule has 3 heterocycles. The number of ether oxygens (including phenoxy) is 2. The third-order valence-electron chi connectivity index (χ3n) is 5.27. The molecule has 35 heavy (non-hydrogen) atoms. The van der Waals surface area contributed by atoms with Crippen LogP contribution in [0.2, 0.25) is 0 Å². The first-order valence-corrected chi connectivity index (χ1v) is 10.3. The third-order valence-corrected chi connectivity index (χ3v) is 5.27. The average molecular weight is 487 g/mol. The number of H-pyrrole nitrogens is 1. The molecule has 5 rings (SSSR count). The van der Waals surface area contributed by atoms with Crippen LogP contribution in [-0.4, -0.2) is 40.1 Å². The third kappa shape index (κ3) is 4.54. The number of benzene rings is 2. The number of alkyl halides is 2. The lowest BCUT2D eigenvalue weighted by atomic mass is 10.1. The summed E-state index contributed by atoms with van der Waals surface area (Å²) >= 11 is 0. The van der Waals surface area contributed by atoms with Crippen LogP contribution in [0.15, 0.2) is 52.1 Å². The van der Waals surface area contributed by atoms with E-state index in [0.717, 1.165) is 6.07 Å². The zero-order valence-electron chi connectivity index (χ0n) is 18.1. The van der Waals surface area contributed by atoms with Gasteiger partial charge in [0.15, 0.2) is 28.9 Å². The summed E-state index contributed by atoms with van der Waals surface area (Å²) in [5.41, 5.74) is 2.28. The van der Waals surface area contributed by atoms with Crippen LogP contribution in [0.25, 0.3) is 22.6 Å². The second-order valence-electron chi connectivity index (χ2n) is 7.54. The molecule has 1 aliphatic heterocycles. The van der Waals surface area contributed by atoms with E-state index in [-0.39, 0.29) is 29.4 Å². The van der Waals surface area contributed by atoms with Crippen molar-refractivity contribution in [3.63, 3.8) is 0 Å². The van der Waals surface area contributed by atoms with Crippen LogP contribution < -0.4 is 9.47 Å². The van der Waals surface area contributed by atoms with Crippen LogP contribution in [-0.2, 0) is 13.1 Å². The highest BCUT2D eigenvalue weighted by Crippen LogP contribution is 2.33. The molecule has 0 fully saturated rings. The Balaban J connectivity index is 1.30. The van der Waals surface area contributed by atoms with Gasteiger partial charge in [-0.1, -0.05) is 11.2 Å². The van der Waals surface area contributed by atoms with Crippen LogP contribution in [0, 0.1) is 11.6 Å². The van der Waals surface area contributed by atoms with Gasteiger partial charge in [0.1, 0.15) is 17.2 Å². The number of nitrogens with one attached hydrogen (secondary N) is 1. The molecule has 0 saturated carbocycles. The maximum atomic E-state index is 14.1. The van der Waals surface area contributed by atoms with Gasteiger partial charge in [-0.25, -0.2) is 13.8 Å². The van der Waals surface area contributed by atoms with Crippen molar-refractivity contribution in [1.82, 2.24) is 20.1 Å². The lowest BCUT2D eigenvalue weighted by Crippen LogP contribution is -2.21. The summed E-state index contributed by atoms with van der Waals surface area (Å²) in [5.74, 6) is -1.20. The number of methoxy groups -OCH3 is 1. The van der Waals surface area contributed by atoms with E-state index in [0.29, 0.717) is 35.0 Å². The Morgan fingerprint density at radius 2 is 2.00 bits per heavy atom. The number of nitrogens with zero attached hydrogens (tertiary/aromatic N) is 4. The summed E-state index contributed by atoms with van der Waals surface area (Å²) in [4.78, 5) is 7.33. The summed E-state index contributed by atoms with van der Waals surface area (Å²) in [6.07, 6.45) is 1.51. The van der Waals surface area contributed by atoms with Crippen molar-refractivity contribution in [3.8, 4) is 34.1 Å². The number of aromatic amines is 1. The number of hydrogen-bond donors (Lipinski definition) is 1. The predicted molar refractivity (Wildman–Crippen MR) is 116 cm³/mol. The summed E-state index contributed by atoms with van der Waals surface area (Å²) in [6, 6.07) is 10.0. The van der Waals surface area contributed by atoms with Crippen molar-refractivity contribution < 1.29 is 31.6 Å². The van der Waals surface area contributed by atoms with Gasteiger partial charge in [0.2, 0.25) is 0 Å². The molecular formula is C23H17F4N5O3. The minimum absolute atomic E-state index is 0.0274. The Kier molecular flexibility index (Phi) is 5.85. The van der Waals surface area contributed by atoms with Gasteiger partial charge in [-0.15, -0.1) is 0 Å². The highest BCUT2D eigenvalue weighted by Gasteiger charge is 2.21. The largest absolute Gasteiger partial charge is 0.493 e. The van der Waals surface area contributed by atoms with E-state index in [2.05, 4.69) is 25.0 Å². The van der Waals surface area contributed by atoms with Crippen molar-refractivity contribution >= 4 is 6.21 Å². The lowest BCUT2D eigenvalue weighted by molar-refractivity contribution is -0.0512. The number of hydrogen-bond acceptors (Lipinski definition) is 7. The first kappa shape index (κ1) is 22.4. The Morgan fingerprint density at radius 1 is 1.14 bits per heavy atom. The van der Waals surface area contributed by atoms with E-state index in [9.17, 15) is 17.6 Å². The molecule has 0 saturated heterocycles. The molecule has 8 nitrogen and oxygen atoms in total. The Labute approximate surface area is 195 Å². The first-order chi connectivity index (χ1) is 16.9. The molecule has 0 radical (unpaired) electrons. The fraction of sp³-hybridized carbons (Fsp3) is 0.174. The first-order valence-electron chi connectivity index (χ1n) is 10.3. The van der Waals surface area contributed by atoms with Crippen molar-refractivity contribution in [2.75, 3.05) is 7.11 Å². The average Bonchev–Trinajstić information content (AvgIpc) is 3.47. The second-order valence-corrected chi connectivity index (χ2v) is 7.54. The summed E-state index contributed by atoms with van der Waals surface area (Å²) in [6.45, 7) is -2.40. The molecular weight excluding hydrogens is 470 g/mol. The van der Waals surface area contributed by atoms with Crippen LogP contribution in [0.4, 0.5) is 17.6 Å². The van der Waals surface area contributed by atoms with Crippen molar-refractivity contribution in [2.24, 2.45) is 5.10 Å². The van der Waals surface area contributed by atoms with E-state index in [1.165, 1.54) is 37.6 Å². The number of halogens is 4. The molecule has 2 aromatic heterocycles. The molecule has 0 bridgehead atoms. The highest BCUT2D eigenvalue weighted by molar-refractivity contribution is 5.80. The topological polar surface area (TPSA) is 88.8 Å². The fourth-order valence-electron chi connectivity index (χ4n) is 3.64. The van der Waals surface area contributed by atoms with E-state index >= 15 is 0 Å². The molecule has 0 atom stereocenters. The SMILES string of the molecule is COc1cc(-c2cc(CN3Cc4[nH]c(-c5cccc(F)c5F)nc4C=N3)on2)ccc1OC(F)F. The fourth-order valence-corrected chi connectivity index (χ4v) is 3.64. The van der Waals surface area contributed by atoms with Crippen LogP contribution in [0.3, 0.4) is 0 Å². The van der Waals surface area contributed by atoms with Crippen LogP contribution in [0.5, 0.6) is 11.5 Å². The van der Waals surface area contributed by atoms with Gasteiger partial charge in [0, 0.05) is 11.6 Å². The van der Waals surface area contributed by atoms with E-state index in [1.54, 1.807) is 17.1 Å². The number of imidazole rings is 1. The van der Waals surface area contributed by atoms with Gasteiger partial charge in [0.25, 0.3) is 0 Å². The maximum absolute atomic E-state index is 14.1. The second kappa shape index (κ2) is 9.12. The van der Waals surface area contributed by atoms with Gasteiger partial charge in [0.05, 0.1) is 37.7 Å². The van der Waals surface area contributed by atoms with E-state index in [1.807, 2.05) is 0 Å².